The molecule has 0 radical (unpaired) electrons. The Kier molecular flexibility index (Phi) is 9.30. The largest absolute Gasteiger partial charge is 0.483 e. The zero-order chi connectivity index (χ0) is 32.3. The smallest absolute Gasteiger partial charge is 0.293 e. The summed E-state index contributed by atoms with van der Waals surface area (Å²) in [5.41, 5.74) is 3.62. The van der Waals surface area contributed by atoms with Crippen LogP contribution in [-0.4, -0.2) is 101 Å². The molecule has 0 bridgehead atoms. The summed E-state index contributed by atoms with van der Waals surface area (Å²) in [7, 11) is 1.79. The summed E-state index contributed by atoms with van der Waals surface area (Å²) in [6, 6.07) is 8.28. The molecule has 0 aromatic carbocycles. The van der Waals surface area contributed by atoms with Gasteiger partial charge < -0.3 is 19.8 Å². The van der Waals surface area contributed by atoms with Crippen molar-refractivity contribution in [1.29, 1.82) is 0 Å². The predicted molar refractivity (Wildman–Crippen MR) is 169 cm³/mol. The molecule has 3 fully saturated rings. The molecular formula is C31H43N11O3. The van der Waals surface area contributed by atoms with Crippen molar-refractivity contribution in [3.05, 3.63) is 53.4 Å². The number of carbonyl (C=O) groups is 2. The summed E-state index contributed by atoms with van der Waals surface area (Å²) in [6.07, 6.45) is 4.17. The first-order chi connectivity index (χ1) is 21.6. The van der Waals surface area contributed by atoms with E-state index in [1.165, 1.54) is 11.2 Å². The summed E-state index contributed by atoms with van der Waals surface area (Å²) in [6.45, 7) is 15.2. The number of aryl methyl sites for hydroxylation is 3. The van der Waals surface area contributed by atoms with Gasteiger partial charge in [-0.1, -0.05) is 33.3 Å². The van der Waals surface area contributed by atoms with E-state index in [9.17, 15) is 4.79 Å². The average molecular weight is 618 g/mol. The number of likely N-dealkylation sites (tertiary alicyclic amines) is 1. The number of pyridine rings is 2. The molecule has 0 aliphatic carbocycles. The van der Waals surface area contributed by atoms with Gasteiger partial charge >= 0.3 is 0 Å². The van der Waals surface area contributed by atoms with E-state index in [1.54, 1.807) is 11.6 Å². The minimum Gasteiger partial charge on any atom is -0.483 e. The quantitative estimate of drug-likeness (QED) is 0.337. The number of aromatic nitrogens is 8. The lowest BCUT2D eigenvalue weighted by Gasteiger charge is -2.23. The maximum absolute atomic E-state index is 13.5. The number of nitrogens with zero attached hydrogens (tertiary/aromatic N) is 11. The van der Waals surface area contributed by atoms with Crippen LogP contribution in [0, 0.1) is 25.7 Å². The molecule has 240 valence electrons. The number of carbonyl (C=O) groups excluding carboxylic acids is 1. The Labute approximate surface area is 263 Å². The minimum atomic E-state index is -0.250. The molecule has 3 aliphatic rings. The lowest BCUT2D eigenvalue weighted by atomic mass is 9.89. The molecule has 1 amide bonds. The Morgan fingerprint density at radius 3 is 2.38 bits per heavy atom. The lowest BCUT2D eigenvalue weighted by molar-refractivity contribution is -0.122. The van der Waals surface area contributed by atoms with Gasteiger partial charge in [-0.25, -0.2) is 14.5 Å². The number of fused-ring (bicyclic) bond motifs is 2. The predicted octanol–water partition coefficient (Wildman–Crippen LogP) is 2.76. The van der Waals surface area contributed by atoms with Crippen LogP contribution in [0.25, 0.3) is 5.65 Å². The molecule has 14 heteroatoms. The van der Waals surface area contributed by atoms with Crippen molar-refractivity contribution >= 4 is 29.5 Å². The van der Waals surface area contributed by atoms with Crippen LogP contribution in [0.15, 0.2) is 30.5 Å². The molecule has 3 unspecified atom stereocenters. The van der Waals surface area contributed by atoms with Crippen LogP contribution >= 0.6 is 0 Å². The summed E-state index contributed by atoms with van der Waals surface area (Å²) in [5.74, 6) is 2.86. The summed E-state index contributed by atoms with van der Waals surface area (Å²) in [5, 5.41) is 24.3. The van der Waals surface area contributed by atoms with Crippen molar-refractivity contribution in [3.63, 3.8) is 0 Å². The molecule has 3 saturated heterocycles. The molecule has 7 rings (SSSR count). The standard InChI is InChI=1S/C27H33N11O.C3H8.CH2O2/c1-17-10-21(35-9-8-27(3,16-35)26-30-33-34(4)32-26)15-38-24(17)29-23(31-38)25(39)37-13-19-11-36(12-20(19)14-37)22-7-5-6-18(2)28-22;1-3-2;2-1-3/h5-7,10,15,19-20H,8-9,11-14,16H2,1-4H3;3H2,1-2H3;1H,(H,2,3). The van der Waals surface area contributed by atoms with Crippen LogP contribution in [0.2, 0.25) is 0 Å². The molecule has 0 saturated carbocycles. The summed E-state index contributed by atoms with van der Waals surface area (Å²) >= 11 is 0. The fraction of sp³-hybridized carbons (Fsp3) is 0.548. The normalized spacial score (nSPS) is 22.1. The Hall–Kier alpha value is -4.62. The van der Waals surface area contributed by atoms with Crippen LogP contribution < -0.4 is 9.80 Å². The van der Waals surface area contributed by atoms with E-state index in [4.69, 9.17) is 9.90 Å². The Morgan fingerprint density at radius 1 is 1.07 bits per heavy atom. The van der Waals surface area contributed by atoms with Gasteiger partial charge in [-0.3, -0.25) is 9.59 Å². The highest BCUT2D eigenvalue weighted by Crippen LogP contribution is 2.36. The van der Waals surface area contributed by atoms with Gasteiger partial charge in [0.1, 0.15) is 5.82 Å². The maximum Gasteiger partial charge on any atom is 0.293 e. The molecule has 4 aromatic rings. The summed E-state index contributed by atoms with van der Waals surface area (Å²) < 4.78 is 1.76. The van der Waals surface area contributed by atoms with Crippen molar-refractivity contribution in [2.24, 2.45) is 18.9 Å². The van der Waals surface area contributed by atoms with Crippen LogP contribution in [-0.2, 0) is 17.3 Å². The van der Waals surface area contributed by atoms with Gasteiger partial charge in [0, 0.05) is 56.8 Å². The number of hydrogen-bond donors (Lipinski definition) is 1. The van der Waals surface area contributed by atoms with E-state index >= 15 is 0 Å². The van der Waals surface area contributed by atoms with E-state index in [-0.39, 0.29) is 23.6 Å². The van der Waals surface area contributed by atoms with Gasteiger partial charge in [0.05, 0.1) is 24.3 Å². The van der Waals surface area contributed by atoms with E-state index in [0.717, 1.165) is 79.9 Å². The Balaban J connectivity index is 0.000000620. The van der Waals surface area contributed by atoms with E-state index in [1.807, 2.05) is 31.0 Å². The van der Waals surface area contributed by atoms with Crippen LogP contribution in [0.1, 0.15) is 61.3 Å². The highest BCUT2D eigenvalue weighted by Gasteiger charge is 2.43. The number of amides is 1. The molecule has 3 atom stereocenters. The third kappa shape index (κ3) is 6.59. The highest BCUT2D eigenvalue weighted by atomic mass is 16.3. The molecule has 14 nitrogen and oxygen atoms in total. The molecule has 4 aromatic heterocycles. The fourth-order valence-electron chi connectivity index (χ4n) is 6.48. The second-order valence-corrected chi connectivity index (χ2v) is 12.5. The zero-order valence-corrected chi connectivity index (χ0v) is 27.0. The third-order valence-electron chi connectivity index (χ3n) is 8.65. The molecule has 0 spiro atoms. The second kappa shape index (κ2) is 13.2. The monoisotopic (exact) mass is 617 g/mol. The van der Waals surface area contributed by atoms with Crippen molar-refractivity contribution < 1.29 is 14.7 Å². The van der Waals surface area contributed by atoms with Crippen LogP contribution in [0.5, 0.6) is 0 Å². The first-order valence-corrected chi connectivity index (χ1v) is 15.5. The SMILES string of the molecule is CCC.Cc1cccc(N2CC3CN(C(=O)c4nc5c(C)cc(N6CCC(C)(c7nnn(C)n7)C6)cn5n4)CC3C2)n1.O=CO. The molecule has 1 N–H and O–H groups in total. The molecule has 7 heterocycles. The maximum atomic E-state index is 13.5. The van der Waals surface area contributed by atoms with Gasteiger partial charge in [0.25, 0.3) is 12.4 Å². The lowest BCUT2D eigenvalue weighted by Crippen LogP contribution is -2.34. The second-order valence-electron chi connectivity index (χ2n) is 12.5. The number of rotatable bonds is 4. The number of hydrogen-bond acceptors (Lipinski definition) is 10. The Morgan fingerprint density at radius 2 is 1.76 bits per heavy atom. The zero-order valence-electron chi connectivity index (χ0n) is 27.0. The number of carboxylic acid groups (broad SMARTS) is 1. The van der Waals surface area contributed by atoms with Gasteiger partial charge in [-0.2, -0.15) is 4.80 Å². The molecule has 45 heavy (non-hydrogen) atoms. The van der Waals surface area contributed by atoms with E-state index in [0.29, 0.717) is 11.8 Å². The van der Waals surface area contributed by atoms with Crippen LogP contribution in [0.4, 0.5) is 11.5 Å². The highest BCUT2D eigenvalue weighted by molar-refractivity contribution is 5.91. The van der Waals surface area contributed by atoms with Crippen LogP contribution in [0.3, 0.4) is 0 Å². The van der Waals surface area contributed by atoms with E-state index < -0.39 is 0 Å². The fourth-order valence-corrected chi connectivity index (χ4v) is 6.48. The van der Waals surface area contributed by atoms with Gasteiger partial charge in [-0.15, -0.1) is 15.3 Å². The van der Waals surface area contributed by atoms with E-state index in [2.05, 4.69) is 79.2 Å². The molecular weight excluding hydrogens is 574 g/mol. The van der Waals surface area contributed by atoms with Crippen molar-refractivity contribution in [2.75, 3.05) is 49.1 Å². The van der Waals surface area contributed by atoms with Crippen molar-refractivity contribution in [3.8, 4) is 0 Å². The first-order valence-electron chi connectivity index (χ1n) is 15.5. The Bertz CT molecular complexity index is 1640. The average Bonchev–Trinajstić information content (AvgIpc) is 3.82. The van der Waals surface area contributed by atoms with Crippen molar-refractivity contribution in [2.45, 2.75) is 52.9 Å². The summed E-state index contributed by atoms with van der Waals surface area (Å²) in [4.78, 5) is 39.3. The van der Waals surface area contributed by atoms with Gasteiger partial charge in [0.2, 0.25) is 5.82 Å². The van der Waals surface area contributed by atoms with Gasteiger partial charge in [-0.05, 0) is 49.2 Å². The molecule has 3 aliphatic heterocycles. The van der Waals surface area contributed by atoms with Gasteiger partial charge in [0.15, 0.2) is 11.5 Å². The third-order valence-corrected chi connectivity index (χ3v) is 8.65. The topological polar surface area (TPSA) is 151 Å². The van der Waals surface area contributed by atoms with Crippen molar-refractivity contribution in [1.82, 2.24) is 44.7 Å². The number of tetrazole rings is 1. The number of anilines is 2. The first kappa shape index (κ1) is 31.8. The minimum absolute atomic E-state index is 0.0863.